The fourth-order valence-electron chi connectivity index (χ4n) is 3.33. The number of imidazole rings is 2. The number of H-pyrrole nitrogens is 2. The number of nitrogens with zero attached hydrogens (tertiary/aromatic N) is 2. The summed E-state index contributed by atoms with van der Waals surface area (Å²) in [5.74, 6) is 0.727. The molecule has 2 aromatic heterocycles. The highest BCUT2D eigenvalue weighted by atomic mass is 16.5. The van der Waals surface area contributed by atoms with Gasteiger partial charge < -0.3 is 19.4 Å². The predicted octanol–water partition coefficient (Wildman–Crippen LogP) is 3.08. The fourth-order valence-corrected chi connectivity index (χ4v) is 3.33. The van der Waals surface area contributed by atoms with Crippen molar-refractivity contribution in [2.24, 2.45) is 0 Å². The van der Waals surface area contributed by atoms with Crippen LogP contribution in [0.25, 0.3) is 33.5 Å². The van der Waals surface area contributed by atoms with Gasteiger partial charge in [-0.2, -0.15) is 0 Å². The van der Waals surface area contributed by atoms with Crippen molar-refractivity contribution < 1.29 is 14.3 Å². The number of carbonyl (C=O) groups is 1. The van der Waals surface area contributed by atoms with Gasteiger partial charge in [-0.15, -0.1) is 0 Å². The number of fused-ring (bicyclic) bond motifs is 2. The zero-order valence-corrected chi connectivity index (χ0v) is 15.8. The molecular weight excluding hydrogens is 360 g/mol. The molecule has 4 aromatic rings. The van der Waals surface area contributed by atoms with E-state index in [2.05, 4.69) is 15.0 Å². The summed E-state index contributed by atoms with van der Waals surface area (Å²) in [6.07, 6.45) is 0. The van der Waals surface area contributed by atoms with Crippen LogP contribution in [0, 0.1) is 0 Å². The Morgan fingerprint density at radius 3 is 2.68 bits per heavy atom. The minimum atomic E-state index is -0.399. The Bertz CT molecular complexity index is 1250. The monoisotopic (exact) mass is 380 g/mol. The van der Waals surface area contributed by atoms with Gasteiger partial charge in [0, 0.05) is 6.54 Å². The smallest absolute Gasteiger partial charge is 0.338 e. The highest BCUT2D eigenvalue weighted by Crippen LogP contribution is 2.31. The van der Waals surface area contributed by atoms with Crippen molar-refractivity contribution in [2.45, 2.75) is 20.4 Å². The second kappa shape index (κ2) is 6.88. The van der Waals surface area contributed by atoms with Gasteiger partial charge in [-0.05, 0) is 44.2 Å². The maximum atomic E-state index is 12.0. The Morgan fingerprint density at radius 1 is 1.14 bits per heavy atom. The van der Waals surface area contributed by atoms with Crippen LogP contribution in [-0.2, 0) is 11.3 Å². The van der Waals surface area contributed by atoms with Gasteiger partial charge in [-0.3, -0.25) is 4.57 Å². The number of aromatic nitrogens is 4. The van der Waals surface area contributed by atoms with Crippen molar-refractivity contribution in [1.82, 2.24) is 19.5 Å². The molecule has 0 spiro atoms. The summed E-state index contributed by atoms with van der Waals surface area (Å²) in [6, 6.07) is 8.85. The summed E-state index contributed by atoms with van der Waals surface area (Å²) >= 11 is 0. The SMILES string of the molecule is CCOC(=O)c1ccc(-c2nc3cc4c(cc3[nH]2)[nH]c(=O)n4CC)c(OC)c1. The fraction of sp³-hybridized carbons (Fsp3) is 0.250. The van der Waals surface area contributed by atoms with Crippen molar-refractivity contribution in [3.8, 4) is 17.1 Å². The molecule has 0 aliphatic carbocycles. The molecule has 2 N–H and O–H groups in total. The Morgan fingerprint density at radius 2 is 1.96 bits per heavy atom. The number of hydrogen-bond acceptors (Lipinski definition) is 5. The van der Waals surface area contributed by atoms with Crippen LogP contribution >= 0.6 is 0 Å². The number of ether oxygens (including phenoxy) is 2. The van der Waals surface area contributed by atoms with Crippen molar-refractivity contribution in [2.75, 3.05) is 13.7 Å². The maximum absolute atomic E-state index is 12.0. The molecule has 144 valence electrons. The van der Waals surface area contributed by atoms with Crippen LogP contribution in [0.1, 0.15) is 24.2 Å². The number of nitrogens with one attached hydrogen (secondary N) is 2. The third-order valence-electron chi connectivity index (χ3n) is 4.66. The van der Waals surface area contributed by atoms with Gasteiger partial charge in [-0.25, -0.2) is 14.6 Å². The van der Waals surface area contributed by atoms with Crippen molar-refractivity contribution in [1.29, 1.82) is 0 Å². The minimum Gasteiger partial charge on any atom is -0.496 e. The quantitative estimate of drug-likeness (QED) is 0.518. The number of carbonyl (C=O) groups excluding carboxylic acids is 1. The largest absolute Gasteiger partial charge is 0.496 e. The average Bonchev–Trinajstić information content (AvgIpc) is 3.24. The first kappa shape index (κ1) is 17.8. The maximum Gasteiger partial charge on any atom is 0.338 e. The number of aryl methyl sites for hydroxylation is 1. The molecule has 2 heterocycles. The van der Waals surface area contributed by atoms with E-state index in [4.69, 9.17) is 9.47 Å². The van der Waals surface area contributed by atoms with Gasteiger partial charge in [0.05, 0.1) is 46.9 Å². The molecule has 0 unspecified atom stereocenters. The molecular formula is C20H20N4O4. The summed E-state index contributed by atoms with van der Waals surface area (Å²) in [5, 5.41) is 0. The normalized spacial score (nSPS) is 11.2. The van der Waals surface area contributed by atoms with Gasteiger partial charge in [0.2, 0.25) is 0 Å². The first-order valence-corrected chi connectivity index (χ1v) is 9.03. The predicted molar refractivity (Wildman–Crippen MR) is 106 cm³/mol. The van der Waals surface area contributed by atoms with E-state index in [0.717, 1.165) is 27.6 Å². The van der Waals surface area contributed by atoms with Gasteiger partial charge in [0.25, 0.3) is 0 Å². The first-order chi connectivity index (χ1) is 13.5. The van der Waals surface area contributed by atoms with Crippen molar-refractivity contribution in [3.05, 3.63) is 46.4 Å². The number of rotatable bonds is 5. The third-order valence-corrected chi connectivity index (χ3v) is 4.66. The molecule has 0 amide bonds. The topological polar surface area (TPSA) is 102 Å². The van der Waals surface area contributed by atoms with E-state index in [9.17, 15) is 9.59 Å². The summed E-state index contributed by atoms with van der Waals surface area (Å²) in [4.78, 5) is 34.7. The van der Waals surface area contributed by atoms with Crippen LogP contribution < -0.4 is 10.4 Å². The molecule has 0 aliphatic heterocycles. The third kappa shape index (κ3) is 2.83. The molecule has 0 saturated carbocycles. The molecule has 0 atom stereocenters. The second-order valence-corrected chi connectivity index (χ2v) is 6.28. The molecule has 28 heavy (non-hydrogen) atoms. The van der Waals surface area contributed by atoms with E-state index in [1.54, 1.807) is 36.8 Å². The van der Waals surface area contributed by atoms with Gasteiger partial charge in [0.1, 0.15) is 11.6 Å². The summed E-state index contributed by atoms with van der Waals surface area (Å²) < 4.78 is 12.2. The summed E-state index contributed by atoms with van der Waals surface area (Å²) in [7, 11) is 1.54. The van der Waals surface area contributed by atoms with Crippen LogP contribution in [0.5, 0.6) is 5.75 Å². The molecule has 4 rings (SSSR count). The van der Waals surface area contributed by atoms with Gasteiger partial charge in [-0.1, -0.05) is 0 Å². The molecule has 0 saturated heterocycles. The molecule has 0 aliphatic rings. The van der Waals surface area contributed by atoms with E-state index < -0.39 is 5.97 Å². The Hall–Kier alpha value is -3.55. The Kier molecular flexibility index (Phi) is 4.38. The number of methoxy groups -OCH3 is 1. The summed E-state index contributed by atoms with van der Waals surface area (Å²) in [5.41, 5.74) is 4.09. The molecule has 8 nitrogen and oxygen atoms in total. The van der Waals surface area contributed by atoms with E-state index in [1.165, 1.54) is 0 Å². The summed E-state index contributed by atoms with van der Waals surface area (Å²) in [6.45, 7) is 4.56. The lowest BCUT2D eigenvalue weighted by Crippen LogP contribution is -2.14. The zero-order valence-electron chi connectivity index (χ0n) is 15.8. The number of benzene rings is 2. The van der Waals surface area contributed by atoms with Crippen LogP contribution in [0.15, 0.2) is 35.1 Å². The lowest BCUT2D eigenvalue weighted by Gasteiger charge is -2.08. The highest BCUT2D eigenvalue weighted by Gasteiger charge is 2.16. The molecule has 2 aromatic carbocycles. The number of esters is 1. The van der Waals surface area contributed by atoms with E-state index in [-0.39, 0.29) is 5.69 Å². The van der Waals surface area contributed by atoms with Gasteiger partial charge >= 0.3 is 11.7 Å². The highest BCUT2D eigenvalue weighted by molar-refractivity contribution is 5.94. The van der Waals surface area contributed by atoms with Crippen molar-refractivity contribution >= 4 is 28.0 Å². The number of hydrogen-bond donors (Lipinski definition) is 2. The molecule has 0 bridgehead atoms. The lowest BCUT2D eigenvalue weighted by molar-refractivity contribution is 0.0526. The Labute approximate surface area is 160 Å². The zero-order chi connectivity index (χ0) is 19.8. The van der Waals surface area contributed by atoms with Crippen molar-refractivity contribution in [3.63, 3.8) is 0 Å². The van der Waals surface area contributed by atoms with Gasteiger partial charge in [0.15, 0.2) is 0 Å². The van der Waals surface area contributed by atoms with Crippen LogP contribution in [0.2, 0.25) is 0 Å². The minimum absolute atomic E-state index is 0.137. The lowest BCUT2D eigenvalue weighted by atomic mass is 10.1. The standard InChI is InChI=1S/C20H20N4O4/c1-4-24-16-10-14-13(9-15(16)23-20(24)26)21-18(22-14)12-7-6-11(8-17(12)27-3)19(25)28-5-2/h6-10H,4-5H2,1-3H3,(H,21,22)(H,23,26). The van der Waals surface area contributed by atoms with E-state index in [1.807, 2.05) is 19.1 Å². The molecule has 8 heteroatoms. The number of aromatic amines is 2. The Balaban J connectivity index is 1.82. The van der Waals surface area contributed by atoms with Crippen LogP contribution in [0.3, 0.4) is 0 Å². The second-order valence-electron chi connectivity index (χ2n) is 6.28. The van der Waals surface area contributed by atoms with E-state index >= 15 is 0 Å². The van der Waals surface area contributed by atoms with Crippen LogP contribution in [-0.4, -0.2) is 39.2 Å². The van der Waals surface area contributed by atoms with Crippen LogP contribution in [0.4, 0.5) is 0 Å². The first-order valence-electron chi connectivity index (χ1n) is 9.03. The molecule has 0 fully saturated rings. The molecule has 0 radical (unpaired) electrons. The van der Waals surface area contributed by atoms with E-state index in [0.29, 0.717) is 30.3 Å². The average molecular weight is 380 g/mol.